The van der Waals surface area contributed by atoms with Crippen LogP contribution in [-0.2, 0) is 17.7 Å². The Balaban J connectivity index is 1.86. The minimum Gasteiger partial charge on any atom is -0.379 e. The lowest BCUT2D eigenvalue weighted by Crippen LogP contribution is -2.30. The maximum Gasteiger partial charge on any atom is 0.251 e. The van der Waals surface area contributed by atoms with Crippen molar-refractivity contribution in [2.75, 3.05) is 19.7 Å². The van der Waals surface area contributed by atoms with E-state index in [9.17, 15) is 4.79 Å². The minimum absolute atomic E-state index is 0.0232. The number of nitrogens with one attached hydrogen (secondary N) is 2. The fraction of sp³-hybridized carbons (Fsp3) is 0.562. The topological polar surface area (TPSA) is 50.4 Å². The second kappa shape index (κ2) is 7.41. The SMILES string of the molecule is CC(C)OCCCNC(=O)c1cccc2c1CNCC2. The van der Waals surface area contributed by atoms with Crippen molar-refractivity contribution in [2.24, 2.45) is 0 Å². The highest BCUT2D eigenvalue weighted by Gasteiger charge is 2.16. The van der Waals surface area contributed by atoms with Crippen molar-refractivity contribution in [3.05, 3.63) is 34.9 Å². The van der Waals surface area contributed by atoms with E-state index < -0.39 is 0 Å². The van der Waals surface area contributed by atoms with Crippen LogP contribution in [0.4, 0.5) is 0 Å². The Morgan fingerprint density at radius 3 is 3.10 bits per heavy atom. The second-order valence-corrected chi connectivity index (χ2v) is 5.40. The average Bonchev–Trinajstić information content (AvgIpc) is 2.45. The van der Waals surface area contributed by atoms with Crippen molar-refractivity contribution in [3.63, 3.8) is 0 Å². The molecule has 20 heavy (non-hydrogen) atoms. The quantitative estimate of drug-likeness (QED) is 0.780. The highest BCUT2D eigenvalue weighted by atomic mass is 16.5. The minimum atomic E-state index is 0.0232. The average molecular weight is 276 g/mol. The molecule has 0 radical (unpaired) electrons. The lowest BCUT2D eigenvalue weighted by molar-refractivity contribution is 0.0757. The number of hydrogen-bond acceptors (Lipinski definition) is 3. The molecule has 4 nitrogen and oxygen atoms in total. The van der Waals surface area contributed by atoms with E-state index >= 15 is 0 Å². The molecule has 0 fully saturated rings. The Morgan fingerprint density at radius 2 is 2.30 bits per heavy atom. The first-order valence-corrected chi connectivity index (χ1v) is 7.39. The van der Waals surface area contributed by atoms with Crippen molar-refractivity contribution in [3.8, 4) is 0 Å². The molecule has 0 saturated heterocycles. The van der Waals surface area contributed by atoms with E-state index in [1.165, 1.54) is 5.56 Å². The van der Waals surface area contributed by atoms with Crippen LogP contribution in [0.3, 0.4) is 0 Å². The molecule has 0 saturated carbocycles. The third kappa shape index (κ3) is 4.05. The zero-order chi connectivity index (χ0) is 14.4. The fourth-order valence-corrected chi connectivity index (χ4v) is 2.42. The molecular weight excluding hydrogens is 252 g/mol. The monoisotopic (exact) mass is 276 g/mol. The van der Waals surface area contributed by atoms with Crippen molar-refractivity contribution >= 4 is 5.91 Å². The van der Waals surface area contributed by atoms with Crippen LogP contribution in [0.15, 0.2) is 18.2 Å². The third-order valence-corrected chi connectivity index (χ3v) is 3.45. The van der Waals surface area contributed by atoms with Crippen molar-refractivity contribution in [1.29, 1.82) is 0 Å². The molecule has 2 rings (SSSR count). The van der Waals surface area contributed by atoms with Gasteiger partial charge in [-0.1, -0.05) is 12.1 Å². The lowest BCUT2D eigenvalue weighted by atomic mass is 9.95. The second-order valence-electron chi connectivity index (χ2n) is 5.40. The van der Waals surface area contributed by atoms with Gasteiger partial charge in [0.15, 0.2) is 0 Å². The van der Waals surface area contributed by atoms with Crippen LogP contribution in [0.1, 0.15) is 41.8 Å². The summed E-state index contributed by atoms with van der Waals surface area (Å²) in [5.74, 6) is 0.0232. The Labute approximate surface area is 120 Å². The standard InChI is InChI=1S/C16H24N2O2/c1-12(2)20-10-4-8-18-16(19)14-6-3-5-13-7-9-17-11-15(13)14/h3,5-6,12,17H,4,7-11H2,1-2H3,(H,18,19). The van der Waals surface area contributed by atoms with E-state index in [0.29, 0.717) is 13.2 Å². The first kappa shape index (κ1) is 15.0. The molecule has 0 spiro atoms. The number of carbonyl (C=O) groups is 1. The zero-order valence-electron chi connectivity index (χ0n) is 12.4. The summed E-state index contributed by atoms with van der Waals surface area (Å²) in [5, 5.41) is 6.30. The number of hydrogen-bond donors (Lipinski definition) is 2. The normalized spacial score (nSPS) is 14.2. The van der Waals surface area contributed by atoms with E-state index in [4.69, 9.17) is 4.74 Å². The molecule has 2 N–H and O–H groups in total. The van der Waals surface area contributed by atoms with E-state index in [0.717, 1.165) is 37.1 Å². The van der Waals surface area contributed by atoms with Crippen LogP contribution in [0, 0.1) is 0 Å². The zero-order valence-corrected chi connectivity index (χ0v) is 12.4. The van der Waals surface area contributed by atoms with Gasteiger partial charge in [-0.2, -0.15) is 0 Å². The number of benzene rings is 1. The Kier molecular flexibility index (Phi) is 5.56. The fourth-order valence-electron chi connectivity index (χ4n) is 2.42. The molecule has 0 aromatic heterocycles. The van der Waals surface area contributed by atoms with E-state index in [1.54, 1.807) is 0 Å². The van der Waals surface area contributed by atoms with E-state index in [2.05, 4.69) is 16.7 Å². The largest absolute Gasteiger partial charge is 0.379 e. The molecule has 1 heterocycles. The van der Waals surface area contributed by atoms with Gasteiger partial charge in [0.1, 0.15) is 0 Å². The lowest BCUT2D eigenvalue weighted by Gasteiger charge is -2.20. The molecule has 1 aliphatic heterocycles. The summed E-state index contributed by atoms with van der Waals surface area (Å²) in [4.78, 5) is 12.2. The molecule has 4 heteroatoms. The predicted octanol–water partition coefficient (Wildman–Crippen LogP) is 1.88. The van der Waals surface area contributed by atoms with Gasteiger partial charge in [-0.25, -0.2) is 0 Å². The summed E-state index contributed by atoms with van der Waals surface area (Å²) < 4.78 is 5.46. The molecular formula is C16H24N2O2. The van der Waals surface area contributed by atoms with Gasteiger partial charge in [-0.3, -0.25) is 4.79 Å². The summed E-state index contributed by atoms with van der Waals surface area (Å²) in [6, 6.07) is 6.00. The number of carbonyl (C=O) groups excluding carboxylic acids is 1. The molecule has 1 amide bonds. The molecule has 0 atom stereocenters. The van der Waals surface area contributed by atoms with Crippen LogP contribution >= 0.6 is 0 Å². The maximum atomic E-state index is 12.2. The summed E-state index contributed by atoms with van der Waals surface area (Å²) in [6.07, 6.45) is 2.09. The van der Waals surface area contributed by atoms with Gasteiger partial charge in [0.25, 0.3) is 5.91 Å². The van der Waals surface area contributed by atoms with Crippen LogP contribution in [0.2, 0.25) is 0 Å². The summed E-state index contributed by atoms with van der Waals surface area (Å²) >= 11 is 0. The van der Waals surface area contributed by atoms with Crippen molar-refractivity contribution in [2.45, 2.75) is 39.3 Å². The Morgan fingerprint density at radius 1 is 1.45 bits per heavy atom. The van der Waals surface area contributed by atoms with Gasteiger partial charge in [0.05, 0.1) is 6.10 Å². The summed E-state index contributed by atoms with van der Waals surface area (Å²) in [5.41, 5.74) is 3.24. The smallest absolute Gasteiger partial charge is 0.251 e. The third-order valence-electron chi connectivity index (χ3n) is 3.45. The number of fused-ring (bicyclic) bond motifs is 1. The van der Waals surface area contributed by atoms with Crippen molar-refractivity contribution < 1.29 is 9.53 Å². The molecule has 1 aliphatic rings. The maximum absolute atomic E-state index is 12.2. The first-order chi connectivity index (χ1) is 9.68. The van der Waals surface area contributed by atoms with Crippen LogP contribution < -0.4 is 10.6 Å². The Bertz CT molecular complexity index is 458. The van der Waals surface area contributed by atoms with Crippen molar-refractivity contribution in [1.82, 2.24) is 10.6 Å². The highest BCUT2D eigenvalue weighted by molar-refractivity contribution is 5.96. The van der Waals surface area contributed by atoms with Gasteiger partial charge < -0.3 is 15.4 Å². The highest BCUT2D eigenvalue weighted by Crippen LogP contribution is 2.18. The molecule has 0 bridgehead atoms. The predicted molar refractivity (Wildman–Crippen MR) is 79.9 cm³/mol. The molecule has 1 aromatic carbocycles. The first-order valence-electron chi connectivity index (χ1n) is 7.39. The number of ether oxygens (including phenoxy) is 1. The Hall–Kier alpha value is -1.39. The van der Waals surface area contributed by atoms with Gasteiger partial charge in [-0.15, -0.1) is 0 Å². The van der Waals surface area contributed by atoms with E-state index in [-0.39, 0.29) is 12.0 Å². The van der Waals surface area contributed by atoms with Gasteiger partial charge in [0.2, 0.25) is 0 Å². The van der Waals surface area contributed by atoms with Crippen LogP contribution in [0.5, 0.6) is 0 Å². The summed E-state index contributed by atoms with van der Waals surface area (Å²) in [6.45, 7) is 7.15. The number of amides is 1. The molecule has 0 aliphatic carbocycles. The van der Waals surface area contributed by atoms with Gasteiger partial charge in [-0.05, 0) is 50.4 Å². The van der Waals surface area contributed by atoms with Gasteiger partial charge >= 0.3 is 0 Å². The van der Waals surface area contributed by atoms with Gasteiger partial charge in [0, 0.05) is 25.3 Å². The van der Waals surface area contributed by atoms with Crippen LogP contribution in [-0.4, -0.2) is 31.7 Å². The summed E-state index contributed by atoms with van der Waals surface area (Å²) in [7, 11) is 0. The van der Waals surface area contributed by atoms with Crippen LogP contribution in [0.25, 0.3) is 0 Å². The molecule has 0 unspecified atom stereocenters. The molecule has 110 valence electrons. The van der Waals surface area contributed by atoms with E-state index in [1.807, 2.05) is 26.0 Å². The molecule has 1 aromatic rings. The number of rotatable bonds is 6.